The summed E-state index contributed by atoms with van der Waals surface area (Å²) in [5, 5.41) is 11.0. The highest BCUT2D eigenvalue weighted by atomic mass is 16.6. The average Bonchev–Trinajstić information content (AvgIpc) is 2.52. The van der Waals surface area contributed by atoms with Crippen LogP contribution < -0.4 is 0 Å². The van der Waals surface area contributed by atoms with Gasteiger partial charge in [0.15, 0.2) is 0 Å². The minimum atomic E-state index is -0.983. The van der Waals surface area contributed by atoms with Crippen molar-refractivity contribution in [3.05, 3.63) is 39.9 Å². The molecule has 0 radical (unpaired) electrons. The molecule has 6 heteroatoms. The number of ketones is 1. The number of nitro groups is 1. The summed E-state index contributed by atoms with van der Waals surface area (Å²) in [6.07, 6.45) is 2.87. The van der Waals surface area contributed by atoms with E-state index >= 15 is 0 Å². The lowest BCUT2D eigenvalue weighted by molar-refractivity contribution is -0.385. The summed E-state index contributed by atoms with van der Waals surface area (Å²) in [6, 6.07) is 6.13. The molecule has 1 aromatic carbocycles. The van der Waals surface area contributed by atoms with Crippen LogP contribution in [-0.4, -0.2) is 23.8 Å². The number of hydrogen-bond donors (Lipinski definition) is 0. The van der Waals surface area contributed by atoms with E-state index in [2.05, 4.69) is 4.74 Å². The highest BCUT2D eigenvalue weighted by Gasteiger charge is 2.29. The van der Waals surface area contributed by atoms with Crippen LogP contribution in [0.2, 0.25) is 0 Å². The van der Waals surface area contributed by atoms with Crippen molar-refractivity contribution in [2.24, 2.45) is 5.92 Å². The Balaban J connectivity index is 2.92. The fourth-order valence-electron chi connectivity index (χ4n) is 2.28. The standard InChI is InChI=1S/C16H21NO5/c1-3-4-5-10-15(18)13(16(19)22-2)11-12-8-6-7-9-14(12)17(20)21/h6-9,13H,3-5,10-11H2,1-2H3. The number of rotatable bonds is 9. The third-order valence-electron chi connectivity index (χ3n) is 3.51. The van der Waals surface area contributed by atoms with Gasteiger partial charge in [0.25, 0.3) is 5.69 Å². The van der Waals surface area contributed by atoms with Crippen molar-refractivity contribution in [3.63, 3.8) is 0 Å². The predicted octanol–water partition coefficient (Wildman–Crippen LogP) is 3.08. The van der Waals surface area contributed by atoms with Gasteiger partial charge in [-0.2, -0.15) is 0 Å². The number of nitrogens with zero attached hydrogens (tertiary/aromatic N) is 1. The maximum absolute atomic E-state index is 12.2. The second-order valence-electron chi connectivity index (χ2n) is 5.09. The number of ether oxygens (including phenoxy) is 1. The predicted molar refractivity (Wildman–Crippen MR) is 81.5 cm³/mol. The van der Waals surface area contributed by atoms with Gasteiger partial charge in [0.2, 0.25) is 0 Å². The van der Waals surface area contributed by atoms with Crippen molar-refractivity contribution in [1.82, 2.24) is 0 Å². The van der Waals surface area contributed by atoms with Crippen LogP contribution in [0.3, 0.4) is 0 Å². The molecule has 0 aliphatic carbocycles. The van der Waals surface area contributed by atoms with Gasteiger partial charge >= 0.3 is 5.97 Å². The normalized spacial score (nSPS) is 11.7. The van der Waals surface area contributed by atoms with Gasteiger partial charge in [-0.15, -0.1) is 0 Å². The molecule has 0 spiro atoms. The number of esters is 1. The van der Waals surface area contributed by atoms with Gasteiger partial charge in [0, 0.05) is 18.1 Å². The molecule has 0 bridgehead atoms. The molecule has 0 amide bonds. The number of nitro benzene ring substituents is 1. The molecule has 1 aromatic rings. The largest absolute Gasteiger partial charge is 0.468 e. The lowest BCUT2D eigenvalue weighted by atomic mass is 9.91. The van der Waals surface area contributed by atoms with Crippen molar-refractivity contribution in [3.8, 4) is 0 Å². The number of unbranched alkanes of at least 4 members (excludes halogenated alkanes) is 2. The Morgan fingerprint density at radius 2 is 1.95 bits per heavy atom. The second kappa shape index (κ2) is 8.92. The highest BCUT2D eigenvalue weighted by Crippen LogP contribution is 2.23. The molecule has 22 heavy (non-hydrogen) atoms. The number of carbonyl (C=O) groups is 2. The topological polar surface area (TPSA) is 86.5 Å². The monoisotopic (exact) mass is 307 g/mol. The van der Waals surface area contributed by atoms with Gasteiger partial charge in [-0.1, -0.05) is 38.0 Å². The van der Waals surface area contributed by atoms with Gasteiger partial charge in [0.1, 0.15) is 11.7 Å². The van der Waals surface area contributed by atoms with E-state index in [-0.39, 0.29) is 24.3 Å². The summed E-state index contributed by atoms with van der Waals surface area (Å²) in [7, 11) is 1.22. The van der Waals surface area contributed by atoms with Crippen LogP contribution in [0.25, 0.3) is 0 Å². The molecule has 0 aromatic heterocycles. The van der Waals surface area contributed by atoms with Crippen LogP contribution in [0.1, 0.15) is 38.2 Å². The SMILES string of the molecule is CCCCCC(=O)C(Cc1ccccc1[N+](=O)[O-])C(=O)OC. The summed E-state index contributed by atoms with van der Waals surface area (Å²) in [5.41, 5.74) is 0.282. The lowest BCUT2D eigenvalue weighted by Gasteiger charge is -2.13. The van der Waals surface area contributed by atoms with Gasteiger partial charge in [-0.25, -0.2) is 0 Å². The van der Waals surface area contributed by atoms with E-state index in [4.69, 9.17) is 0 Å². The van der Waals surface area contributed by atoms with Crippen LogP contribution >= 0.6 is 0 Å². The summed E-state index contributed by atoms with van der Waals surface area (Å²) in [4.78, 5) is 34.6. The maximum atomic E-state index is 12.2. The third kappa shape index (κ3) is 4.95. The summed E-state index contributed by atoms with van der Waals surface area (Å²) in [5.74, 6) is -1.85. The first-order valence-electron chi connectivity index (χ1n) is 7.34. The number of para-hydroxylation sites is 1. The Morgan fingerprint density at radius 1 is 1.27 bits per heavy atom. The van der Waals surface area contributed by atoms with E-state index in [9.17, 15) is 19.7 Å². The smallest absolute Gasteiger partial charge is 0.316 e. The molecule has 0 N–H and O–H groups in total. The summed E-state index contributed by atoms with van der Waals surface area (Å²) < 4.78 is 4.68. The minimum Gasteiger partial charge on any atom is -0.468 e. The number of Topliss-reactive ketones (excluding diaryl/α,β-unsaturated/α-hetero) is 1. The van der Waals surface area contributed by atoms with Gasteiger partial charge in [-0.3, -0.25) is 19.7 Å². The number of carbonyl (C=O) groups excluding carboxylic acids is 2. The molecule has 1 atom stereocenters. The zero-order chi connectivity index (χ0) is 16.5. The van der Waals surface area contributed by atoms with Crippen molar-refractivity contribution in [2.75, 3.05) is 7.11 Å². The zero-order valence-corrected chi connectivity index (χ0v) is 12.9. The lowest BCUT2D eigenvalue weighted by Crippen LogP contribution is -2.27. The molecule has 0 aliphatic rings. The molecule has 120 valence electrons. The molecule has 0 aliphatic heterocycles. The van der Waals surface area contributed by atoms with Crippen molar-refractivity contribution >= 4 is 17.4 Å². The summed E-state index contributed by atoms with van der Waals surface area (Å²) in [6.45, 7) is 2.02. The molecule has 1 rings (SSSR count). The van der Waals surface area contributed by atoms with Crippen LogP contribution in [0.4, 0.5) is 5.69 Å². The average molecular weight is 307 g/mol. The van der Waals surface area contributed by atoms with Gasteiger partial charge in [-0.05, 0) is 12.8 Å². The Bertz CT molecular complexity index is 541. The van der Waals surface area contributed by atoms with E-state index < -0.39 is 16.8 Å². The van der Waals surface area contributed by atoms with E-state index in [0.717, 1.165) is 12.8 Å². The first-order valence-corrected chi connectivity index (χ1v) is 7.34. The van der Waals surface area contributed by atoms with Gasteiger partial charge in [0.05, 0.1) is 12.0 Å². The number of hydrogen-bond acceptors (Lipinski definition) is 5. The van der Waals surface area contributed by atoms with Crippen LogP contribution in [-0.2, 0) is 20.7 Å². The fraction of sp³-hybridized carbons (Fsp3) is 0.500. The highest BCUT2D eigenvalue weighted by molar-refractivity contribution is 5.99. The van der Waals surface area contributed by atoms with Crippen molar-refractivity contribution in [2.45, 2.75) is 39.0 Å². The van der Waals surface area contributed by atoms with Crippen molar-refractivity contribution in [1.29, 1.82) is 0 Å². The molecule has 6 nitrogen and oxygen atoms in total. The van der Waals surface area contributed by atoms with E-state index in [1.165, 1.54) is 13.2 Å². The quantitative estimate of drug-likeness (QED) is 0.230. The third-order valence-corrected chi connectivity index (χ3v) is 3.51. The van der Waals surface area contributed by atoms with Gasteiger partial charge < -0.3 is 4.74 Å². The van der Waals surface area contributed by atoms with Crippen molar-refractivity contribution < 1.29 is 19.2 Å². The second-order valence-corrected chi connectivity index (χ2v) is 5.09. The zero-order valence-electron chi connectivity index (χ0n) is 12.9. The Labute approximate surface area is 129 Å². The van der Waals surface area contributed by atoms with E-state index in [0.29, 0.717) is 12.0 Å². The molecule has 1 unspecified atom stereocenters. The molecular formula is C16H21NO5. The van der Waals surface area contributed by atoms with E-state index in [1.54, 1.807) is 18.2 Å². The minimum absolute atomic E-state index is 0.00517. The Kier molecular flexibility index (Phi) is 7.22. The Morgan fingerprint density at radius 3 is 2.55 bits per heavy atom. The molecule has 0 fully saturated rings. The number of methoxy groups -OCH3 is 1. The maximum Gasteiger partial charge on any atom is 0.316 e. The first kappa shape index (κ1) is 17.8. The Hall–Kier alpha value is -2.24. The molecular weight excluding hydrogens is 286 g/mol. The molecule has 0 heterocycles. The first-order chi connectivity index (χ1) is 10.5. The van der Waals surface area contributed by atoms with Crippen LogP contribution in [0.5, 0.6) is 0 Å². The van der Waals surface area contributed by atoms with Crippen LogP contribution in [0.15, 0.2) is 24.3 Å². The summed E-state index contributed by atoms with van der Waals surface area (Å²) >= 11 is 0. The number of benzene rings is 1. The van der Waals surface area contributed by atoms with Crippen LogP contribution in [0, 0.1) is 16.0 Å². The fourth-order valence-corrected chi connectivity index (χ4v) is 2.28. The molecule has 0 saturated heterocycles. The van der Waals surface area contributed by atoms with E-state index in [1.807, 2.05) is 6.92 Å². The molecule has 0 saturated carbocycles.